The zero-order valence-electron chi connectivity index (χ0n) is 8.66. The summed E-state index contributed by atoms with van der Waals surface area (Å²) in [6.45, 7) is 1.65. The smallest absolute Gasteiger partial charge is 0.244 e. The lowest BCUT2D eigenvalue weighted by atomic mass is 10.0. The number of aromatic amines is 1. The van der Waals surface area contributed by atoms with Crippen molar-refractivity contribution in [2.75, 3.05) is 32.2 Å². The van der Waals surface area contributed by atoms with Gasteiger partial charge in [0, 0.05) is 26.6 Å². The van der Waals surface area contributed by atoms with Gasteiger partial charge in [-0.2, -0.15) is 4.98 Å². The second-order valence-electron chi connectivity index (χ2n) is 3.83. The zero-order chi connectivity index (χ0) is 9.97. The van der Waals surface area contributed by atoms with Crippen LogP contribution < -0.4 is 4.90 Å². The quantitative estimate of drug-likeness (QED) is 0.759. The molecule has 1 aliphatic heterocycles. The van der Waals surface area contributed by atoms with E-state index < -0.39 is 0 Å². The predicted molar refractivity (Wildman–Crippen MR) is 53.5 cm³/mol. The molecule has 1 atom stereocenters. The Morgan fingerprint density at radius 2 is 2.36 bits per heavy atom. The largest absolute Gasteiger partial charge is 0.381 e. The van der Waals surface area contributed by atoms with Crippen molar-refractivity contribution in [1.82, 2.24) is 15.2 Å². The Labute approximate surface area is 83.5 Å². The Bertz CT molecular complexity index is 291. The molecule has 5 nitrogen and oxygen atoms in total. The van der Waals surface area contributed by atoms with Crippen LogP contribution in [-0.4, -0.2) is 42.5 Å². The van der Waals surface area contributed by atoms with Crippen molar-refractivity contribution in [2.24, 2.45) is 0 Å². The lowest BCUT2D eigenvalue weighted by Gasteiger charge is -2.19. The highest BCUT2D eigenvalue weighted by Crippen LogP contribution is 2.23. The van der Waals surface area contributed by atoms with Crippen molar-refractivity contribution in [2.45, 2.75) is 18.8 Å². The third kappa shape index (κ3) is 1.87. The number of rotatable bonds is 2. The van der Waals surface area contributed by atoms with Gasteiger partial charge in [0.25, 0.3) is 0 Å². The topological polar surface area (TPSA) is 54.0 Å². The van der Waals surface area contributed by atoms with E-state index in [2.05, 4.69) is 15.2 Å². The number of aromatic nitrogens is 3. The van der Waals surface area contributed by atoms with Crippen LogP contribution in [-0.2, 0) is 4.74 Å². The van der Waals surface area contributed by atoms with Gasteiger partial charge in [-0.25, -0.2) is 0 Å². The average Bonchev–Trinajstić information content (AvgIpc) is 2.68. The number of H-pyrrole nitrogens is 1. The molecule has 1 N–H and O–H groups in total. The SMILES string of the molecule is CN(C)c1n[nH]c(C2CCCOC2)n1. The van der Waals surface area contributed by atoms with E-state index in [1.807, 2.05) is 19.0 Å². The summed E-state index contributed by atoms with van der Waals surface area (Å²) in [5.74, 6) is 2.09. The van der Waals surface area contributed by atoms with E-state index >= 15 is 0 Å². The molecule has 2 heterocycles. The van der Waals surface area contributed by atoms with Crippen LogP contribution in [0.2, 0.25) is 0 Å². The first-order valence-electron chi connectivity index (χ1n) is 4.94. The molecule has 1 unspecified atom stereocenters. The van der Waals surface area contributed by atoms with Gasteiger partial charge in [-0.15, -0.1) is 5.10 Å². The van der Waals surface area contributed by atoms with Crippen LogP contribution in [0.5, 0.6) is 0 Å². The van der Waals surface area contributed by atoms with Crippen molar-refractivity contribution >= 4 is 5.95 Å². The van der Waals surface area contributed by atoms with E-state index in [-0.39, 0.29) is 0 Å². The van der Waals surface area contributed by atoms with Gasteiger partial charge in [0.1, 0.15) is 5.82 Å². The average molecular weight is 196 g/mol. The molecule has 5 heteroatoms. The first-order chi connectivity index (χ1) is 6.77. The molecule has 1 aromatic rings. The van der Waals surface area contributed by atoms with Gasteiger partial charge in [0.2, 0.25) is 5.95 Å². The molecule has 1 aromatic heterocycles. The highest BCUT2D eigenvalue weighted by molar-refractivity contribution is 5.25. The van der Waals surface area contributed by atoms with Crippen molar-refractivity contribution in [1.29, 1.82) is 0 Å². The van der Waals surface area contributed by atoms with Crippen LogP contribution in [0.15, 0.2) is 0 Å². The molecule has 2 rings (SSSR count). The summed E-state index contributed by atoms with van der Waals surface area (Å²) in [6.07, 6.45) is 2.25. The molecule has 0 aliphatic carbocycles. The number of anilines is 1. The molecular weight excluding hydrogens is 180 g/mol. The summed E-state index contributed by atoms with van der Waals surface area (Å²) in [7, 11) is 3.87. The van der Waals surface area contributed by atoms with Crippen LogP contribution in [0.1, 0.15) is 24.6 Å². The molecule has 78 valence electrons. The molecule has 0 radical (unpaired) electrons. The van der Waals surface area contributed by atoms with E-state index in [1.54, 1.807) is 0 Å². The lowest BCUT2D eigenvalue weighted by Crippen LogP contribution is -2.17. The van der Waals surface area contributed by atoms with Crippen molar-refractivity contribution < 1.29 is 4.74 Å². The Balaban J connectivity index is 2.07. The summed E-state index contributed by atoms with van der Waals surface area (Å²) in [5.41, 5.74) is 0. The second kappa shape index (κ2) is 3.96. The third-order valence-electron chi connectivity index (χ3n) is 2.44. The number of ether oxygens (including phenoxy) is 1. The third-order valence-corrected chi connectivity index (χ3v) is 2.44. The molecule has 0 amide bonds. The van der Waals surface area contributed by atoms with Crippen LogP contribution in [0.25, 0.3) is 0 Å². The lowest BCUT2D eigenvalue weighted by molar-refractivity contribution is 0.0781. The number of nitrogens with zero attached hydrogens (tertiary/aromatic N) is 3. The van der Waals surface area contributed by atoms with Crippen LogP contribution in [0, 0.1) is 0 Å². The highest BCUT2D eigenvalue weighted by Gasteiger charge is 2.19. The maximum Gasteiger partial charge on any atom is 0.244 e. The molecular formula is C9H16N4O. The monoisotopic (exact) mass is 196 g/mol. The molecule has 1 saturated heterocycles. The molecule has 0 spiro atoms. The Hall–Kier alpha value is -1.10. The minimum Gasteiger partial charge on any atom is -0.381 e. The number of hydrogen-bond donors (Lipinski definition) is 1. The Morgan fingerprint density at radius 1 is 1.50 bits per heavy atom. The number of hydrogen-bond acceptors (Lipinski definition) is 4. The van der Waals surface area contributed by atoms with E-state index in [4.69, 9.17) is 4.74 Å². The van der Waals surface area contributed by atoms with Gasteiger partial charge in [0.15, 0.2) is 0 Å². The minimum atomic E-state index is 0.393. The normalized spacial score (nSPS) is 22.3. The second-order valence-corrected chi connectivity index (χ2v) is 3.83. The summed E-state index contributed by atoms with van der Waals surface area (Å²) in [4.78, 5) is 6.31. The first-order valence-corrected chi connectivity index (χ1v) is 4.94. The molecule has 1 aliphatic rings. The highest BCUT2D eigenvalue weighted by atomic mass is 16.5. The van der Waals surface area contributed by atoms with Crippen LogP contribution in [0.3, 0.4) is 0 Å². The fourth-order valence-electron chi connectivity index (χ4n) is 1.60. The summed E-state index contributed by atoms with van der Waals surface area (Å²) < 4.78 is 5.40. The predicted octanol–water partition coefficient (Wildman–Crippen LogP) is 0.765. The van der Waals surface area contributed by atoms with Crippen molar-refractivity contribution in [3.8, 4) is 0 Å². The summed E-state index contributed by atoms with van der Waals surface area (Å²) >= 11 is 0. The molecule has 0 bridgehead atoms. The minimum absolute atomic E-state index is 0.393. The van der Waals surface area contributed by atoms with Gasteiger partial charge < -0.3 is 9.64 Å². The van der Waals surface area contributed by atoms with Gasteiger partial charge >= 0.3 is 0 Å². The van der Waals surface area contributed by atoms with E-state index in [0.29, 0.717) is 5.92 Å². The van der Waals surface area contributed by atoms with Crippen molar-refractivity contribution in [3.05, 3.63) is 5.82 Å². The van der Waals surface area contributed by atoms with Gasteiger partial charge in [-0.3, -0.25) is 5.10 Å². The van der Waals surface area contributed by atoms with Gasteiger partial charge in [-0.1, -0.05) is 0 Å². The standard InChI is InChI=1S/C9H16N4O/c1-13(2)9-10-8(11-12-9)7-4-3-5-14-6-7/h7H,3-6H2,1-2H3,(H,10,11,12). The maximum absolute atomic E-state index is 5.40. The fourth-order valence-corrected chi connectivity index (χ4v) is 1.60. The zero-order valence-corrected chi connectivity index (χ0v) is 8.66. The van der Waals surface area contributed by atoms with Gasteiger partial charge in [0.05, 0.1) is 6.61 Å². The maximum atomic E-state index is 5.40. The van der Waals surface area contributed by atoms with Crippen LogP contribution in [0.4, 0.5) is 5.95 Å². The number of nitrogens with one attached hydrogen (secondary N) is 1. The molecule has 0 aromatic carbocycles. The molecule has 1 fully saturated rings. The fraction of sp³-hybridized carbons (Fsp3) is 0.778. The van der Waals surface area contributed by atoms with Crippen LogP contribution >= 0.6 is 0 Å². The Kier molecular flexibility index (Phi) is 2.67. The molecule has 0 saturated carbocycles. The van der Waals surface area contributed by atoms with E-state index in [0.717, 1.165) is 37.8 Å². The van der Waals surface area contributed by atoms with Crippen molar-refractivity contribution in [3.63, 3.8) is 0 Å². The van der Waals surface area contributed by atoms with E-state index in [9.17, 15) is 0 Å². The first kappa shape index (κ1) is 9.45. The van der Waals surface area contributed by atoms with Gasteiger partial charge in [-0.05, 0) is 12.8 Å². The summed E-state index contributed by atoms with van der Waals surface area (Å²) in [6, 6.07) is 0. The summed E-state index contributed by atoms with van der Waals surface area (Å²) in [5, 5.41) is 7.10. The van der Waals surface area contributed by atoms with E-state index in [1.165, 1.54) is 0 Å². The Morgan fingerprint density at radius 3 is 2.93 bits per heavy atom. The molecule has 14 heavy (non-hydrogen) atoms.